The molecule has 0 atom stereocenters. The summed E-state index contributed by atoms with van der Waals surface area (Å²) in [6.07, 6.45) is -0.396. The molecule has 0 aliphatic heterocycles. The van der Waals surface area contributed by atoms with Crippen LogP contribution in [0.2, 0.25) is 0 Å². The standard InChI is InChI=1S/6C5H8NO2.Cu/c6*1-4(7)3-5(8)6-2;/h6*2-3H2,1H3,(H,6,8);/q6*-1;. The molecule has 0 bridgehead atoms. The first kappa shape index (κ1) is 59.8. The molecule has 0 unspecified atom stereocenters. The molecule has 0 aliphatic rings. The van der Waals surface area contributed by atoms with Crippen LogP contribution in [0.15, 0.2) is 0 Å². The van der Waals surface area contributed by atoms with Crippen LogP contribution in [0.25, 0.3) is 0 Å². The van der Waals surface area contributed by atoms with E-state index < -0.39 is 0 Å². The monoisotopic (exact) mass is 747 g/mol. The van der Waals surface area contributed by atoms with Gasteiger partial charge in [-0.15, -0.1) is 0 Å². The Kier molecular flexibility index (Phi) is 50.5. The van der Waals surface area contributed by atoms with Gasteiger partial charge in [-0.2, -0.15) is 0 Å². The first-order valence-electron chi connectivity index (χ1n) is 13.3. The molecule has 0 aliphatic carbocycles. The minimum absolute atomic E-state index is 0. The van der Waals surface area contributed by atoms with Crippen LogP contribution in [0.5, 0.6) is 0 Å². The van der Waals surface area contributed by atoms with E-state index in [1.807, 2.05) is 0 Å². The molecule has 1 radical (unpaired) electrons. The van der Waals surface area contributed by atoms with Gasteiger partial charge in [0, 0.05) is 17.1 Å². The number of Topliss-reactive ketones (excluding diaryl/α,β-unsaturated/α-hetero) is 6. The normalized spacial score (nSPS) is 8.08. The zero-order valence-corrected chi connectivity index (χ0v) is 29.6. The van der Waals surface area contributed by atoms with Crippen molar-refractivity contribution in [2.45, 2.75) is 80.1 Å². The zero-order valence-electron chi connectivity index (χ0n) is 28.7. The number of rotatable bonds is 12. The van der Waals surface area contributed by atoms with Crippen LogP contribution in [-0.4, -0.2) is 70.1 Å². The molecule has 0 fully saturated rings. The number of ketones is 6. The first-order chi connectivity index (χ1) is 22.0. The second-order valence-corrected chi connectivity index (χ2v) is 8.87. The molecular formula is C30H48CuN6O12-6. The van der Waals surface area contributed by atoms with Crippen LogP contribution in [0, 0.1) is 42.3 Å². The molecule has 0 aromatic carbocycles. The van der Waals surface area contributed by atoms with Gasteiger partial charge in [0.1, 0.15) is 34.7 Å². The summed E-state index contributed by atoms with van der Waals surface area (Å²) in [6.45, 7) is 8.14. The molecule has 0 heterocycles. The Balaban J connectivity index is -0.0000000860. The van der Waals surface area contributed by atoms with E-state index >= 15 is 0 Å². The Hall–Kier alpha value is -4.64. The number of hydrogen-bond acceptors (Lipinski definition) is 12. The maximum atomic E-state index is 10.2. The van der Waals surface area contributed by atoms with Gasteiger partial charge >= 0.3 is 0 Å². The Bertz CT molecular complexity index is 878. The van der Waals surface area contributed by atoms with Gasteiger partial charge in [-0.1, -0.05) is 0 Å². The van der Waals surface area contributed by atoms with E-state index in [1.54, 1.807) is 0 Å². The van der Waals surface area contributed by atoms with Gasteiger partial charge < -0.3 is 31.9 Å². The van der Waals surface area contributed by atoms with Crippen LogP contribution in [0.1, 0.15) is 80.1 Å². The van der Waals surface area contributed by atoms with Crippen LogP contribution < -0.4 is 31.9 Å². The molecular weight excluding hydrogens is 700 g/mol. The van der Waals surface area contributed by atoms with Crippen molar-refractivity contribution in [3.63, 3.8) is 0 Å². The van der Waals surface area contributed by atoms with Gasteiger partial charge in [0.25, 0.3) is 0 Å². The van der Waals surface area contributed by atoms with Crippen molar-refractivity contribution in [3.8, 4) is 0 Å². The predicted octanol–water partition coefficient (Wildman–Crippen LogP) is -0.763. The van der Waals surface area contributed by atoms with Gasteiger partial charge in [0.05, 0.1) is 38.5 Å². The predicted molar refractivity (Wildman–Crippen MR) is 173 cm³/mol. The molecule has 6 amide bonds. The molecule has 6 N–H and O–H groups in total. The SMILES string of the molecule is [CH2-]NC(=O)CC(C)=O.[CH2-]NC(=O)CC(C)=O.[CH2-]NC(=O)CC(C)=O.[CH2-]NC(=O)CC(C)=O.[CH2-]NC(=O)CC(C)=O.[CH2-]NC(=O)CC(C)=O.[Cu]. The second kappa shape index (κ2) is 41.4. The van der Waals surface area contributed by atoms with E-state index in [2.05, 4.69) is 74.2 Å². The fraction of sp³-hybridized carbons (Fsp3) is 0.400. The van der Waals surface area contributed by atoms with Crippen LogP contribution >= 0.6 is 0 Å². The third kappa shape index (κ3) is 75.4. The summed E-state index contributed by atoms with van der Waals surface area (Å²) < 4.78 is 0. The maximum Gasteiger partial charge on any atom is 0.198 e. The van der Waals surface area contributed by atoms with Gasteiger partial charge in [-0.05, 0) is 41.5 Å². The summed E-state index contributed by atoms with van der Waals surface area (Å²) >= 11 is 0. The first-order valence-corrected chi connectivity index (χ1v) is 13.3. The average molecular weight is 748 g/mol. The molecule has 0 aromatic rings. The molecule has 19 heteroatoms. The fourth-order valence-electron chi connectivity index (χ4n) is 1.73. The van der Waals surface area contributed by atoms with E-state index in [4.69, 9.17) is 0 Å². The Morgan fingerprint density at radius 2 is 0.367 bits per heavy atom. The van der Waals surface area contributed by atoms with Crippen molar-refractivity contribution < 1.29 is 74.6 Å². The minimum Gasteiger partial charge on any atom is -0.508 e. The molecule has 49 heavy (non-hydrogen) atoms. The maximum absolute atomic E-state index is 10.2. The third-order valence-electron chi connectivity index (χ3n) is 3.64. The zero-order chi connectivity index (χ0) is 39.4. The molecule has 0 aromatic heterocycles. The number of carbonyl (C=O) groups is 12. The van der Waals surface area contributed by atoms with Crippen molar-refractivity contribution in [1.29, 1.82) is 0 Å². The summed E-state index contributed by atoms with van der Waals surface area (Å²) in [5.74, 6) is -2.90. The van der Waals surface area contributed by atoms with Crippen molar-refractivity contribution in [2.75, 3.05) is 0 Å². The Morgan fingerprint density at radius 1 is 0.286 bits per heavy atom. The molecule has 0 spiro atoms. The third-order valence-corrected chi connectivity index (χ3v) is 3.64. The summed E-state index contributed by atoms with van der Waals surface area (Å²) in [7, 11) is 18.5. The quantitative estimate of drug-likeness (QED) is 0.0817. The van der Waals surface area contributed by atoms with E-state index in [-0.39, 0.29) is 126 Å². The number of nitrogens with one attached hydrogen (secondary N) is 6. The van der Waals surface area contributed by atoms with Crippen molar-refractivity contribution in [3.05, 3.63) is 42.3 Å². The Labute approximate surface area is 298 Å². The van der Waals surface area contributed by atoms with E-state index in [0.29, 0.717) is 0 Å². The number of amides is 6. The van der Waals surface area contributed by atoms with Crippen LogP contribution in [-0.2, 0) is 74.6 Å². The van der Waals surface area contributed by atoms with Crippen LogP contribution in [0.4, 0.5) is 0 Å². The van der Waals surface area contributed by atoms with Crippen molar-refractivity contribution in [1.82, 2.24) is 31.9 Å². The van der Waals surface area contributed by atoms with E-state index in [1.165, 1.54) is 41.5 Å². The van der Waals surface area contributed by atoms with Crippen LogP contribution in [0.3, 0.4) is 0 Å². The summed E-state index contributed by atoms with van der Waals surface area (Å²) in [6, 6.07) is 0. The van der Waals surface area contributed by atoms with Gasteiger partial charge in [-0.3, -0.25) is 99.8 Å². The number of hydrogen-bond donors (Lipinski definition) is 6. The molecule has 287 valence electrons. The van der Waals surface area contributed by atoms with Gasteiger partial charge in [-0.25, -0.2) is 0 Å². The van der Waals surface area contributed by atoms with Crippen molar-refractivity contribution >= 4 is 70.1 Å². The molecule has 18 nitrogen and oxygen atoms in total. The minimum atomic E-state index is -0.336. The van der Waals surface area contributed by atoms with Crippen molar-refractivity contribution in [2.24, 2.45) is 0 Å². The number of carbonyl (C=O) groups excluding carboxylic acids is 12. The molecule has 0 rings (SSSR count). The van der Waals surface area contributed by atoms with Gasteiger partial charge in [0.2, 0.25) is 0 Å². The van der Waals surface area contributed by atoms with Gasteiger partial charge in [0.15, 0.2) is 35.4 Å². The smallest absolute Gasteiger partial charge is 0.198 e. The fourth-order valence-corrected chi connectivity index (χ4v) is 1.73. The molecule has 0 saturated heterocycles. The molecule has 0 saturated carbocycles. The summed E-state index contributed by atoms with van der Waals surface area (Å²) in [4.78, 5) is 122. The summed E-state index contributed by atoms with van der Waals surface area (Å²) in [5.41, 5.74) is 0. The van der Waals surface area contributed by atoms with E-state index in [0.717, 1.165) is 0 Å². The summed E-state index contributed by atoms with van der Waals surface area (Å²) in [5, 5.41) is 12.5. The largest absolute Gasteiger partial charge is 0.508 e. The topological polar surface area (TPSA) is 277 Å². The Morgan fingerprint density at radius 3 is 0.388 bits per heavy atom. The second-order valence-electron chi connectivity index (χ2n) is 8.87. The average Bonchev–Trinajstić information content (AvgIpc) is 2.96. The van der Waals surface area contributed by atoms with E-state index in [9.17, 15) is 57.5 Å².